The highest BCUT2D eigenvalue weighted by molar-refractivity contribution is 5.84. The Kier molecular flexibility index (Phi) is 5.85. The Morgan fingerprint density at radius 2 is 1.79 bits per heavy atom. The van der Waals surface area contributed by atoms with Crippen LogP contribution in [0, 0.1) is 0 Å². The first kappa shape index (κ1) is 15.0. The minimum atomic E-state index is -0.825. The summed E-state index contributed by atoms with van der Waals surface area (Å²) >= 11 is 0. The van der Waals surface area contributed by atoms with Gasteiger partial charge < -0.3 is 14.8 Å². The second kappa shape index (κ2) is 7.41. The van der Waals surface area contributed by atoms with Crippen LogP contribution in [0.2, 0.25) is 0 Å². The van der Waals surface area contributed by atoms with Gasteiger partial charge in [-0.2, -0.15) is 0 Å². The molecular weight excluding hydrogens is 246 g/mol. The highest BCUT2D eigenvalue weighted by Gasteiger charge is 2.22. The average molecular weight is 265 g/mol. The number of rotatable bonds is 6. The molecule has 5 heteroatoms. The van der Waals surface area contributed by atoms with Gasteiger partial charge >= 0.3 is 5.97 Å². The summed E-state index contributed by atoms with van der Waals surface area (Å²) in [6.07, 6.45) is -1.59. The molecule has 0 saturated carbocycles. The lowest BCUT2D eigenvalue weighted by atomic mass is 10.3. The molecule has 0 spiro atoms. The molecule has 0 aliphatic heterocycles. The molecule has 0 aliphatic carbocycles. The number of nitrogens with one attached hydrogen (secondary N) is 1. The number of likely N-dealkylation sites (N-methyl/N-ethyl adjacent to an activating group) is 1. The summed E-state index contributed by atoms with van der Waals surface area (Å²) in [7, 11) is 0. The van der Waals surface area contributed by atoms with Crippen LogP contribution in [-0.4, -0.2) is 30.6 Å². The van der Waals surface area contributed by atoms with Gasteiger partial charge in [0.25, 0.3) is 5.91 Å². The number of carbonyl (C=O) groups excluding carboxylic acids is 2. The summed E-state index contributed by atoms with van der Waals surface area (Å²) < 4.78 is 10.4. The van der Waals surface area contributed by atoms with Gasteiger partial charge in [-0.05, 0) is 32.9 Å². The second-order valence-corrected chi connectivity index (χ2v) is 4.05. The monoisotopic (exact) mass is 265 g/mol. The SMILES string of the molecule is CCNC(=O)[C@H](C)OC(=O)[C@@H](C)Oc1ccccc1. The molecule has 1 N–H and O–H groups in total. The summed E-state index contributed by atoms with van der Waals surface area (Å²) in [6.45, 7) is 5.41. The number of para-hydroxylation sites is 1. The van der Waals surface area contributed by atoms with Crippen molar-refractivity contribution in [1.82, 2.24) is 5.32 Å². The average Bonchev–Trinajstić information content (AvgIpc) is 2.40. The second-order valence-electron chi connectivity index (χ2n) is 4.05. The molecule has 0 aliphatic rings. The van der Waals surface area contributed by atoms with Crippen LogP contribution in [0.4, 0.5) is 0 Å². The van der Waals surface area contributed by atoms with Crippen LogP contribution in [0.3, 0.4) is 0 Å². The molecule has 2 atom stereocenters. The molecule has 0 bridgehead atoms. The first-order valence-corrected chi connectivity index (χ1v) is 6.24. The lowest BCUT2D eigenvalue weighted by molar-refractivity contribution is -0.160. The number of amides is 1. The molecule has 19 heavy (non-hydrogen) atoms. The number of hydrogen-bond acceptors (Lipinski definition) is 4. The molecular formula is C14H19NO4. The van der Waals surface area contributed by atoms with Gasteiger partial charge in [0.05, 0.1) is 0 Å². The van der Waals surface area contributed by atoms with Gasteiger partial charge in [0, 0.05) is 6.54 Å². The predicted octanol–water partition coefficient (Wildman–Crippen LogP) is 1.52. The van der Waals surface area contributed by atoms with Gasteiger partial charge in [-0.25, -0.2) is 4.79 Å². The minimum Gasteiger partial charge on any atom is -0.479 e. The summed E-state index contributed by atoms with van der Waals surface area (Å²) in [4.78, 5) is 23.2. The fourth-order valence-electron chi connectivity index (χ4n) is 1.39. The highest BCUT2D eigenvalue weighted by Crippen LogP contribution is 2.11. The van der Waals surface area contributed by atoms with Crippen molar-refractivity contribution < 1.29 is 19.1 Å². The summed E-state index contributed by atoms with van der Waals surface area (Å²) in [6, 6.07) is 8.97. The molecule has 5 nitrogen and oxygen atoms in total. The van der Waals surface area contributed by atoms with E-state index in [1.165, 1.54) is 6.92 Å². The van der Waals surface area contributed by atoms with E-state index in [0.29, 0.717) is 12.3 Å². The Hall–Kier alpha value is -2.04. The molecule has 0 unspecified atom stereocenters. The lowest BCUT2D eigenvalue weighted by Gasteiger charge is -2.17. The molecule has 1 rings (SSSR count). The molecule has 1 aromatic carbocycles. The van der Waals surface area contributed by atoms with E-state index in [1.54, 1.807) is 26.0 Å². The van der Waals surface area contributed by atoms with Gasteiger partial charge in [-0.15, -0.1) is 0 Å². The van der Waals surface area contributed by atoms with Gasteiger partial charge in [-0.1, -0.05) is 18.2 Å². The number of benzene rings is 1. The van der Waals surface area contributed by atoms with Crippen molar-refractivity contribution in [3.63, 3.8) is 0 Å². The van der Waals surface area contributed by atoms with Crippen LogP contribution in [0.5, 0.6) is 5.75 Å². The van der Waals surface area contributed by atoms with Crippen LogP contribution >= 0.6 is 0 Å². The van der Waals surface area contributed by atoms with Crippen LogP contribution in [0.1, 0.15) is 20.8 Å². The third kappa shape index (κ3) is 4.99. The quantitative estimate of drug-likeness (QED) is 0.792. The van der Waals surface area contributed by atoms with E-state index in [4.69, 9.17) is 9.47 Å². The number of ether oxygens (including phenoxy) is 2. The maximum absolute atomic E-state index is 11.7. The Balaban J connectivity index is 2.47. The number of hydrogen-bond donors (Lipinski definition) is 1. The van der Waals surface area contributed by atoms with E-state index in [-0.39, 0.29) is 5.91 Å². The Morgan fingerprint density at radius 1 is 1.16 bits per heavy atom. The van der Waals surface area contributed by atoms with E-state index in [9.17, 15) is 9.59 Å². The van der Waals surface area contributed by atoms with Crippen LogP contribution in [-0.2, 0) is 14.3 Å². The van der Waals surface area contributed by atoms with Crippen LogP contribution in [0.15, 0.2) is 30.3 Å². The van der Waals surface area contributed by atoms with Crippen LogP contribution in [0.25, 0.3) is 0 Å². The minimum absolute atomic E-state index is 0.317. The zero-order chi connectivity index (χ0) is 14.3. The number of carbonyl (C=O) groups is 2. The summed E-state index contributed by atoms with van der Waals surface area (Å²) in [5, 5.41) is 2.58. The van der Waals surface area contributed by atoms with E-state index in [0.717, 1.165) is 0 Å². The first-order chi connectivity index (χ1) is 9.04. The lowest BCUT2D eigenvalue weighted by Crippen LogP contribution is -2.38. The van der Waals surface area contributed by atoms with Crippen molar-refractivity contribution in [3.8, 4) is 5.75 Å². The van der Waals surface area contributed by atoms with Gasteiger partial charge in [0.15, 0.2) is 12.2 Å². The third-order valence-corrected chi connectivity index (χ3v) is 2.40. The highest BCUT2D eigenvalue weighted by atomic mass is 16.6. The van der Waals surface area contributed by atoms with E-state index < -0.39 is 18.2 Å². The number of esters is 1. The Morgan fingerprint density at radius 3 is 2.37 bits per heavy atom. The normalized spacial score (nSPS) is 13.2. The molecule has 104 valence electrons. The summed E-state index contributed by atoms with van der Waals surface area (Å²) in [5.41, 5.74) is 0. The van der Waals surface area contributed by atoms with Crippen molar-refractivity contribution >= 4 is 11.9 Å². The standard InChI is InChI=1S/C14H19NO4/c1-4-15-13(16)10(2)19-14(17)11(3)18-12-8-6-5-7-9-12/h5-11H,4H2,1-3H3,(H,15,16)/t10-,11+/m0/s1. The molecule has 1 amide bonds. The van der Waals surface area contributed by atoms with Crippen molar-refractivity contribution in [2.75, 3.05) is 6.54 Å². The van der Waals surface area contributed by atoms with E-state index >= 15 is 0 Å². The Labute approximate surface area is 112 Å². The molecule has 0 fully saturated rings. The largest absolute Gasteiger partial charge is 0.479 e. The zero-order valence-electron chi connectivity index (χ0n) is 11.4. The topological polar surface area (TPSA) is 64.6 Å². The Bertz CT molecular complexity index is 419. The zero-order valence-corrected chi connectivity index (χ0v) is 11.4. The third-order valence-electron chi connectivity index (χ3n) is 2.40. The van der Waals surface area contributed by atoms with Crippen molar-refractivity contribution in [3.05, 3.63) is 30.3 Å². The van der Waals surface area contributed by atoms with E-state index in [2.05, 4.69) is 5.32 Å². The van der Waals surface area contributed by atoms with E-state index in [1.807, 2.05) is 18.2 Å². The summed E-state index contributed by atoms with van der Waals surface area (Å²) in [5.74, 6) is -0.303. The maximum atomic E-state index is 11.7. The van der Waals surface area contributed by atoms with Crippen molar-refractivity contribution in [2.45, 2.75) is 33.0 Å². The fourth-order valence-corrected chi connectivity index (χ4v) is 1.39. The van der Waals surface area contributed by atoms with Crippen LogP contribution < -0.4 is 10.1 Å². The smallest absolute Gasteiger partial charge is 0.347 e. The van der Waals surface area contributed by atoms with Crippen molar-refractivity contribution in [1.29, 1.82) is 0 Å². The molecule has 0 heterocycles. The molecule has 0 radical (unpaired) electrons. The molecule has 1 aromatic rings. The molecule has 0 saturated heterocycles. The fraction of sp³-hybridized carbons (Fsp3) is 0.429. The maximum Gasteiger partial charge on any atom is 0.347 e. The molecule has 0 aromatic heterocycles. The first-order valence-electron chi connectivity index (χ1n) is 6.24. The van der Waals surface area contributed by atoms with Gasteiger partial charge in [-0.3, -0.25) is 4.79 Å². The van der Waals surface area contributed by atoms with Gasteiger partial charge in [0.1, 0.15) is 5.75 Å². The van der Waals surface area contributed by atoms with Crippen molar-refractivity contribution in [2.24, 2.45) is 0 Å². The van der Waals surface area contributed by atoms with Gasteiger partial charge in [0.2, 0.25) is 0 Å². The predicted molar refractivity (Wildman–Crippen MR) is 70.8 cm³/mol.